The summed E-state index contributed by atoms with van der Waals surface area (Å²) >= 11 is 0. The van der Waals surface area contributed by atoms with E-state index in [4.69, 9.17) is 9.84 Å². The van der Waals surface area contributed by atoms with E-state index in [0.29, 0.717) is 22.6 Å². The van der Waals surface area contributed by atoms with Crippen molar-refractivity contribution >= 4 is 10.8 Å². The minimum atomic E-state index is -0.0923. The van der Waals surface area contributed by atoms with Gasteiger partial charge < -0.3 is 9.84 Å². The molecule has 3 aromatic carbocycles. The van der Waals surface area contributed by atoms with E-state index < -0.39 is 0 Å². The molecule has 0 bridgehead atoms. The molecule has 0 amide bonds. The quantitative estimate of drug-likeness (QED) is 0.786. The largest absolute Gasteiger partial charge is 0.456 e. The van der Waals surface area contributed by atoms with Crippen LogP contribution in [0.5, 0.6) is 11.5 Å². The first-order valence-corrected chi connectivity index (χ1v) is 6.61. The molecule has 3 aromatic rings. The van der Waals surface area contributed by atoms with E-state index in [-0.39, 0.29) is 6.61 Å². The average molecular weight is 275 g/mol. The van der Waals surface area contributed by atoms with Crippen molar-refractivity contribution in [2.45, 2.75) is 6.61 Å². The van der Waals surface area contributed by atoms with Crippen molar-refractivity contribution in [3.63, 3.8) is 0 Å². The number of aliphatic hydroxyl groups is 1. The topological polar surface area (TPSA) is 53.2 Å². The molecule has 0 heterocycles. The van der Waals surface area contributed by atoms with E-state index in [0.717, 1.165) is 10.8 Å². The molecule has 0 aliphatic heterocycles. The summed E-state index contributed by atoms with van der Waals surface area (Å²) in [6.45, 7) is -0.0923. The third kappa shape index (κ3) is 2.71. The first-order valence-electron chi connectivity index (χ1n) is 6.61. The van der Waals surface area contributed by atoms with Crippen molar-refractivity contribution in [3.8, 4) is 17.6 Å². The maximum Gasteiger partial charge on any atom is 0.145 e. The molecular formula is C18H13NO2. The van der Waals surface area contributed by atoms with Gasteiger partial charge >= 0.3 is 0 Å². The number of benzene rings is 3. The SMILES string of the molecule is N#Cc1cc(CO)ccc1Oc1ccc2ccccc2c1. The Morgan fingerprint density at radius 1 is 0.952 bits per heavy atom. The van der Waals surface area contributed by atoms with Gasteiger partial charge in [0.2, 0.25) is 0 Å². The van der Waals surface area contributed by atoms with Gasteiger partial charge in [-0.05, 0) is 40.6 Å². The first kappa shape index (κ1) is 13.2. The second-order valence-electron chi connectivity index (χ2n) is 4.71. The van der Waals surface area contributed by atoms with Gasteiger partial charge in [-0.1, -0.05) is 36.4 Å². The van der Waals surface area contributed by atoms with Crippen LogP contribution >= 0.6 is 0 Å². The summed E-state index contributed by atoms with van der Waals surface area (Å²) in [6, 6.07) is 21.0. The van der Waals surface area contributed by atoms with Crippen LogP contribution < -0.4 is 4.74 Å². The molecule has 0 spiro atoms. The Bertz CT molecular complexity index is 834. The van der Waals surface area contributed by atoms with Crippen LogP contribution in [0.1, 0.15) is 11.1 Å². The van der Waals surface area contributed by atoms with Crippen LogP contribution in [0.25, 0.3) is 10.8 Å². The Morgan fingerprint density at radius 2 is 1.76 bits per heavy atom. The standard InChI is InChI=1S/C18H13NO2/c19-11-16-9-13(12-20)5-8-18(16)21-17-7-6-14-3-1-2-4-15(14)10-17/h1-10,20H,12H2. The molecule has 0 aliphatic rings. The fourth-order valence-corrected chi connectivity index (χ4v) is 2.21. The Kier molecular flexibility index (Phi) is 3.55. The highest BCUT2D eigenvalue weighted by Crippen LogP contribution is 2.28. The number of nitrogens with zero attached hydrogens (tertiary/aromatic N) is 1. The summed E-state index contributed by atoms with van der Waals surface area (Å²) in [7, 11) is 0. The van der Waals surface area contributed by atoms with Crippen LogP contribution in [-0.4, -0.2) is 5.11 Å². The van der Waals surface area contributed by atoms with Crippen LogP contribution in [-0.2, 0) is 6.61 Å². The molecule has 1 N–H and O–H groups in total. The number of aliphatic hydroxyl groups excluding tert-OH is 1. The number of hydrogen-bond donors (Lipinski definition) is 1. The fraction of sp³-hybridized carbons (Fsp3) is 0.0556. The zero-order valence-electron chi connectivity index (χ0n) is 11.3. The molecule has 3 rings (SSSR count). The molecular weight excluding hydrogens is 262 g/mol. The van der Waals surface area contributed by atoms with Gasteiger partial charge in [-0.15, -0.1) is 0 Å². The van der Waals surface area contributed by atoms with Gasteiger partial charge in [-0.2, -0.15) is 5.26 Å². The number of fused-ring (bicyclic) bond motifs is 1. The van der Waals surface area contributed by atoms with Crippen molar-refractivity contribution in [1.29, 1.82) is 5.26 Å². The van der Waals surface area contributed by atoms with Crippen molar-refractivity contribution in [3.05, 3.63) is 71.8 Å². The minimum absolute atomic E-state index is 0.0923. The highest BCUT2D eigenvalue weighted by atomic mass is 16.5. The maximum absolute atomic E-state index is 9.18. The predicted molar refractivity (Wildman–Crippen MR) is 81.1 cm³/mol. The van der Waals surface area contributed by atoms with Crippen LogP contribution in [0.2, 0.25) is 0 Å². The van der Waals surface area contributed by atoms with Crippen LogP contribution in [0.4, 0.5) is 0 Å². The molecule has 21 heavy (non-hydrogen) atoms. The molecule has 0 atom stereocenters. The Hall–Kier alpha value is -2.83. The first-order chi connectivity index (χ1) is 10.3. The smallest absolute Gasteiger partial charge is 0.145 e. The number of nitriles is 1. The van der Waals surface area contributed by atoms with Gasteiger partial charge in [0.1, 0.15) is 17.6 Å². The number of hydrogen-bond acceptors (Lipinski definition) is 3. The molecule has 0 unspecified atom stereocenters. The van der Waals surface area contributed by atoms with Gasteiger partial charge in [0.05, 0.1) is 12.2 Å². The maximum atomic E-state index is 9.18. The molecule has 0 aliphatic carbocycles. The van der Waals surface area contributed by atoms with E-state index in [9.17, 15) is 5.26 Å². The highest BCUT2D eigenvalue weighted by Gasteiger charge is 2.06. The normalized spacial score (nSPS) is 10.3. The lowest BCUT2D eigenvalue weighted by molar-refractivity contribution is 0.281. The van der Waals surface area contributed by atoms with Crippen molar-refractivity contribution in [2.24, 2.45) is 0 Å². The molecule has 0 aromatic heterocycles. The lowest BCUT2D eigenvalue weighted by Crippen LogP contribution is -1.91. The van der Waals surface area contributed by atoms with Gasteiger partial charge in [0, 0.05) is 0 Å². The van der Waals surface area contributed by atoms with Gasteiger partial charge in [0.25, 0.3) is 0 Å². The summed E-state index contributed by atoms with van der Waals surface area (Å²) in [5.74, 6) is 1.17. The van der Waals surface area contributed by atoms with Crippen molar-refractivity contribution in [1.82, 2.24) is 0 Å². The fourth-order valence-electron chi connectivity index (χ4n) is 2.21. The third-order valence-electron chi connectivity index (χ3n) is 3.30. The summed E-state index contributed by atoms with van der Waals surface area (Å²) in [4.78, 5) is 0. The molecule has 0 saturated heterocycles. The van der Waals surface area contributed by atoms with E-state index in [1.165, 1.54) is 0 Å². The van der Waals surface area contributed by atoms with Gasteiger partial charge in [-0.25, -0.2) is 0 Å². The molecule has 3 heteroatoms. The molecule has 102 valence electrons. The lowest BCUT2D eigenvalue weighted by atomic mass is 10.1. The van der Waals surface area contributed by atoms with Crippen LogP contribution in [0.15, 0.2) is 60.7 Å². The zero-order valence-corrected chi connectivity index (χ0v) is 11.3. The summed E-state index contributed by atoms with van der Waals surface area (Å²) < 4.78 is 5.80. The minimum Gasteiger partial charge on any atom is -0.456 e. The molecule has 0 fully saturated rings. The monoisotopic (exact) mass is 275 g/mol. The van der Waals surface area contributed by atoms with E-state index in [2.05, 4.69) is 6.07 Å². The number of ether oxygens (including phenoxy) is 1. The van der Waals surface area contributed by atoms with Gasteiger partial charge in [0.15, 0.2) is 0 Å². The third-order valence-corrected chi connectivity index (χ3v) is 3.30. The second-order valence-corrected chi connectivity index (χ2v) is 4.71. The van der Waals surface area contributed by atoms with Crippen molar-refractivity contribution < 1.29 is 9.84 Å². The average Bonchev–Trinajstić information content (AvgIpc) is 2.55. The molecule has 3 nitrogen and oxygen atoms in total. The summed E-state index contributed by atoms with van der Waals surface area (Å²) in [5.41, 5.74) is 1.10. The van der Waals surface area contributed by atoms with Crippen LogP contribution in [0.3, 0.4) is 0 Å². The number of rotatable bonds is 3. The second kappa shape index (κ2) is 5.66. The lowest BCUT2D eigenvalue weighted by Gasteiger charge is -2.09. The highest BCUT2D eigenvalue weighted by molar-refractivity contribution is 5.83. The molecule has 0 saturated carbocycles. The summed E-state index contributed by atoms with van der Waals surface area (Å²) in [5, 5.41) is 20.5. The Labute approximate surface area is 122 Å². The summed E-state index contributed by atoms with van der Waals surface area (Å²) in [6.07, 6.45) is 0. The molecule has 0 radical (unpaired) electrons. The van der Waals surface area contributed by atoms with E-state index in [1.54, 1.807) is 18.2 Å². The van der Waals surface area contributed by atoms with Gasteiger partial charge in [-0.3, -0.25) is 0 Å². The zero-order chi connectivity index (χ0) is 14.7. The van der Waals surface area contributed by atoms with E-state index in [1.807, 2.05) is 42.5 Å². The van der Waals surface area contributed by atoms with Crippen molar-refractivity contribution in [2.75, 3.05) is 0 Å². The Balaban J connectivity index is 1.96. The van der Waals surface area contributed by atoms with Crippen LogP contribution in [0, 0.1) is 11.3 Å². The van der Waals surface area contributed by atoms with E-state index >= 15 is 0 Å². The Morgan fingerprint density at radius 3 is 2.52 bits per heavy atom. The predicted octanol–water partition coefficient (Wildman–Crippen LogP) is 4.00.